The Morgan fingerprint density at radius 1 is 1.06 bits per heavy atom. The standard InChI is InChI=1S/C15H16BrNO/c1-10-5-11(2)7-13(6-10)18-9-12-3-4-14(16)15(17)8-12/h3-8H,9,17H2,1-2H3. The van der Waals surface area contributed by atoms with Gasteiger partial charge in [0.15, 0.2) is 0 Å². The summed E-state index contributed by atoms with van der Waals surface area (Å²) in [4.78, 5) is 0. The van der Waals surface area contributed by atoms with Crippen molar-refractivity contribution in [1.29, 1.82) is 0 Å². The van der Waals surface area contributed by atoms with Crippen molar-refractivity contribution in [3.05, 3.63) is 57.6 Å². The third-order valence-electron chi connectivity index (χ3n) is 2.66. The normalized spacial score (nSPS) is 10.4. The highest BCUT2D eigenvalue weighted by Crippen LogP contribution is 2.22. The molecule has 0 saturated carbocycles. The Balaban J connectivity index is 2.08. The van der Waals surface area contributed by atoms with E-state index in [9.17, 15) is 0 Å². The molecule has 0 aliphatic carbocycles. The SMILES string of the molecule is Cc1cc(C)cc(OCc2ccc(Br)c(N)c2)c1. The summed E-state index contributed by atoms with van der Waals surface area (Å²) in [6, 6.07) is 12.1. The lowest BCUT2D eigenvalue weighted by molar-refractivity contribution is 0.306. The quantitative estimate of drug-likeness (QED) is 0.861. The third kappa shape index (κ3) is 3.26. The lowest BCUT2D eigenvalue weighted by atomic mass is 10.1. The van der Waals surface area contributed by atoms with Gasteiger partial charge in [0.05, 0.1) is 0 Å². The van der Waals surface area contributed by atoms with Crippen molar-refractivity contribution in [3.8, 4) is 5.75 Å². The Kier molecular flexibility index (Phi) is 3.92. The van der Waals surface area contributed by atoms with Crippen LogP contribution in [0.25, 0.3) is 0 Å². The molecule has 94 valence electrons. The minimum atomic E-state index is 0.528. The molecule has 2 aromatic carbocycles. The number of nitrogens with two attached hydrogens (primary N) is 1. The summed E-state index contributed by atoms with van der Waals surface area (Å²) in [5.74, 6) is 0.897. The van der Waals surface area contributed by atoms with Gasteiger partial charge >= 0.3 is 0 Å². The number of rotatable bonds is 3. The van der Waals surface area contributed by atoms with Crippen molar-refractivity contribution in [2.45, 2.75) is 20.5 Å². The first-order valence-electron chi connectivity index (χ1n) is 5.79. The predicted molar refractivity (Wildman–Crippen MR) is 78.8 cm³/mol. The molecular weight excluding hydrogens is 290 g/mol. The van der Waals surface area contributed by atoms with Gasteiger partial charge in [0.25, 0.3) is 0 Å². The van der Waals surface area contributed by atoms with Gasteiger partial charge in [0, 0.05) is 10.2 Å². The van der Waals surface area contributed by atoms with Crippen LogP contribution >= 0.6 is 15.9 Å². The van der Waals surface area contributed by atoms with E-state index in [0.717, 1.165) is 21.5 Å². The van der Waals surface area contributed by atoms with Gasteiger partial charge < -0.3 is 10.5 Å². The number of nitrogen functional groups attached to an aromatic ring is 1. The molecule has 0 unspecified atom stereocenters. The summed E-state index contributed by atoms with van der Waals surface area (Å²) < 4.78 is 6.69. The first-order chi connectivity index (χ1) is 8.54. The zero-order valence-corrected chi connectivity index (χ0v) is 12.1. The molecule has 2 rings (SSSR count). The zero-order valence-electron chi connectivity index (χ0n) is 10.5. The monoisotopic (exact) mass is 305 g/mol. The van der Waals surface area contributed by atoms with Crippen molar-refractivity contribution in [3.63, 3.8) is 0 Å². The van der Waals surface area contributed by atoms with Crippen LogP contribution in [-0.4, -0.2) is 0 Å². The molecular formula is C15H16BrNO. The Bertz CT molecular complexity index is 546. The Hall–Kier alpha value is -1.48. The average molecular weight is 306 g/mol. The summed E-state index contributed by atoms with van der Waals surface area (Å²) in [7, 11) is 0. The lowest BCUT2D eigenvalue weighted by Crippen LogP contribution is -1.97. The van der Waals surface area contributed by atoms with Crippen LogP contribution in [0.1, 0.15) is 16.7 Å². The van der Waals surface area contributed by atoms with Crippen molar-refractivity contribution < 1.29 is 4.74 Å². The van der Waals surface area contributed by atoms with Gasteiger partial charge in [-0.2, -0.15) is 0 Å². The van der Waals surface area contributed by atoms with Crippen LogP contribution < -0.4 is 10.5 Å². The molecule has 0 fully saturated rings. The number of hydrogen-bond donors (Lipinski definition) is 1. The van der Waals surface area contributed by atoms with E-state index in [1.165, 1.54) is 11.1 Å². The molecule has 0 atom stereocenters. The van der Waals surface area contributed by atoms with Gasteiger partial charge in [-0.1, -0.05) is 12.1 Å². The molecule has 0 heterocycles. The highest BCUT2D eigenvalue weighted by Gasteiger charge is 2.01. The van der Waals surface area contributed by atoms with Gasteiger partial charge in [-0.25, -0.2) is 0 Å². The van der Waals surface area contributed by atoms with Gasteiger partial charge in [0.2, 0.25) is 0 Å². The summed E-state index contributed by atoms with van der Waals surface area (Å²) in [5, 5.41) is 0. The molecule has 3 heteroatoms. The first kappa shape index (κ1) is 13.0. The van der Waals surface area contributed by atoms with E-state index in [0.29, 0.717) is 6.61 Å². The number of ether oxygens (including phenoxy) is 1. The van der Waals surface area contributed by atoms with Crippen LogP contribution in [0.2, 0.25) is 0 Å². The van der Waals surface area contributed by atoms with Crippen LogP contribution in [0.5, 0.6) is 5.75 Å². The maximum absolute atomic E-state index is 5.84. The summed E-state index contributed by atoms with van der Waals surface area (Å²) >= 11 is 3.38. The molecule has 0 radical (unpaired) electrons. The van der Waals surface area contributed by atoms with Crippen LogP contribution in [0.15, 0.2) is 40.9 Å². The second-order valence-corrected chi connectivity index (χ2v) is 5.32. The number of aryl methyl sites for hydroxylation is 2. The molecule has 0 aliphatic rings. The number of halogens is 1. The number of benzene rings is 2. The predicted octanol–water partition coefficient (Wildman–Crippen LogP) is 4.23. The highest BCUT2D eigenvalue weighted by molar-refractivity contribution is 9.10. The maximum atomic E-state index is 5.84. The second-order valence-electron chi connectivity index (χ2n) is 4.47. The Morgan fingerprint density at radius 2 is 1.72 bits per heavy atom. The van der Waals surface area contributed by atoms with Crippen LogP contribution in [0.3, 0.4) is 0 Å². The number of hydrogen-bond acceptors (Lipinski definition) is 2. The van der Waals surface area contributed by atoms with Crippen LogP contribution in [0, 0.1) is 13.8 Å². The van der Waals surface area contributed by atoms with Crippen molar-refractivity contribution in [2.75, 3.05) is 5.73 Å². The molecule has 2 N–H and O–H groups in total. The van der Waals surface area contributed by atoms with Crippen LogP contribution in [0.4, 0.5) is 5.69 Å². The lowest BCUT2D eigenvalue weighted by Gasteiger charge is -2.09. The Morgan fingerprint density at radius 3 is 2.33 bits per heavy atom. The fraction of sp³-hybridized carbons (Fsp3) is 0.200. The summed E-state index contributed by atoms with van der Waals surface area (Å²) in [5.41, 5.74) is 10.1. The molecule has 0 amide bonds. The fourth-order valence-corrected chi connectivity index (χ4v) is 2.11. The van der Waals surface area contributed by atoms with Crippen LogP contribution in [-0.2, 0) is 6.61 Å². The minimum absolute atomic E-state index is 0.528. The zero-order chi connectivity index (χ0) is 13.1. The Labute approximate surface area is 116 Å². The van der Waals surface area contributed by atoms with Gasteiger partial charge in [-0.15, -0.1) is 0 Å². The van der Waals surface area contributed by atoms with Crippen molar-refractivity contribution in [2.24, 2.45) is 0 Å². The van der Waals surface area contributed by atoms with E-state index in [1.54, 1.807) is 0 Å². The topological polar surface area (TPSA) is 35.2 Å². The third-order valence-corrected chi connectivity index (χ3v) is 3.38. The van der Waals surface area contributed by atoms with Gasteiger partial charge in [-0.3, -0.25) is 0 Å². The summed E-state index contributed by atoms with van der Waals surface area (Å²) in [6.45, 7) is 4.66. The molecule has 0 aromatic heterocycles. The van der Waals surface area contributed by atoms with E-state index in [2.05, 4.69) is 35.8 Å². The van der Waals surface area contributed by atoms with E-state index < -0.39 is 0 Å². The molecule has 0 saturated heterocycles. The first-order valence-corrected chi connectivity index (χ1v) is 6.59. The van der Waals surface area contributed by atoms with E-state index in [4.69, 9.17) is 10.5 Å². The fourth-order valence-electron chi connectivity index (χ4n) is 1.87. The molecule has 18 heavy (non-hydrogen) atoms. The minimum Gasteiger partial charge on any atom is -0.489 e. The van der Waals surface area contributed by atoms with E-state index >= 15 is 0 Å². The number of anilines is 1. The molecule has 0 bridgehead atoms. The van der Waals surface area contributed by atoms with E-state index in [1.807, 2.05) is 30.3 Å². The highest BCUT2D eigenvalue weighted by atomic mass is 79.9. The largest absolute Gasteiger partial charge is 0.489 e. The van der Waals surface area contributed by atoms with E-state index in [-0.39, 0.29) is 0 Å². The molecule has 0 spiro atoms. The van der Waals surface area contributed by atoms with Gasteiger partial charge in [0.1, 0.15) is 12.4 Å². The van der Waals surface area contributed by atoms with Crippen molar-refractivity contribution in [1.82, 2.24) is 0 Å². The van der Waals surface area contributed by atoms with Gasteiger partial charge in [-0.05, 0) is 70.7 Å². The van der Waals surface area contributed by atoms with Crippen molar-refractivity contribution >= 4 is 21.6 Å². The smallest absolute Gasteiger partial charge is 0.120 e. The average Bonchev–Trinajstić information content (AvgIpc) is 2.29. The molecule has 2 nitrogen and oxygen atoms in total. The molecule has 0 aliphatic heterocycles. The maximum Gasteiger partial charge on any atom is 0.120 e. The summed E-state index contributed by atoms with van der Waals surface area (Å²) in [6.07, 6.45) is 0. The second kappa shape index (κ2) is 5.44. The molecule has 2 aromatic rings.